The van der Waals surface area contributed by atoms with Crippen molar-refractivity contribution in [2.45, 2.75) is 24.5 Å². The summed E-state index contributed by atoms with van der Waals surface area (Å²) >= 11 is 0. The molecule has 3 atom stereocenters. The third kappa shape index (κ3) is 4.99. The number of carbonyl (C=O) groups is 3. The number of hydrogen-bond acceptors (Lipinski definition) is 6. The van der Waals surface area contributed by atoms with Crippen LogP contribution in [0.2, 0.25) is 0 Å². The van der Waals surface area contributed by atoms with Gasteiger partial charge in [0.25, 0.3) is 0 Å². The van der Waals surface area contributed by atoms with Crippen molar-refractivity contribution >= 4 is 18.0 Å². The fraction of sp³-hybridized carbons (Fsp3) is 0.375. The van der Waals surface area contributed by atoms with Gasteiger partial charge >= 0.3 is 12.1 Å². The van der Waals surface area contributed by atoms with Crippen molar-refractivity contribution in [3.63, 3.8) is 0 Å². The van der Waals surface area contributed by atoms with Gasteiger partial charge in [-0.25, -0.2) is 9.59 Å². The topological polar surface area (TPSA) is 134 Å². The van der Waals surface area contributed by atoms with Crippen molar-refractivity contribution in [1.29, 1.82) is 0 Å². The van der Waals surface area contributed by atoms with E-state index in [-0.39, 0.29) is 25.0 Å². The molecule has 1 aliphatic carbocycles. The van der Waals surface area contributed by atoms with Crippen LogP contribution in [0.4, 0.5) is 4.79 Å². The SMILES string of the molecule is O=C(NC[C@H]1CCO[C@H]1C(=O)NCC(O)C(=O)O)OCC1c2ccccc2-c2ccccc21. The van der Waals surface area contributed by atoms with Gasteiger partial charge in [0.15, 0.2) is 6.10 Å². The van der Waals surface area contributed by atoms with Crippen LogP contribution in [-0.2, 0) is 19.1 Å². The van der Waals surface area contributed by atoms with Crippen LogP contribution in [0, 0.1) is 5.92 Å². The number of hydrogen-bond donors (Lipinski definition) is 4. The molecule has 0 bridgehead atoms. The number of alkyl carbamates (subject to hydrolysis) is 1. The number of nitrogens with one attached hydrogen (secondary N) is 2. The maximum atomic E-state index is 12.4. The van der Waals surface area contributed by atoms with Crippen LogP contribution in [0.25, 0.3) is 11.1 Å². The second kappa shape index (κ2) is 10.0. The van der Waals surface area contributed by atoms with Gasteiger partial charge in [0.1, 0.15) is 12.7 Å². The fourth-order valence-electron chi connectivity index (χ4n) is 4.38. The Bertz CT molecular complexity index is 995. The van der Waals surface area contributed by atoms with E-state index in [0.29, 0.717) is 13.0 Å². The lowest BCUT2D eigenvalue weighted by atomic mass is 9.98. The molecule has 4 rings (SSSR count). The maximum absolute atomic E-state index is 12.4. The summed E-state index contributed by atoms with van der Waals surface area (Å²) in [5, 5.41) is 23.1. The van der Waals surface area contributed by atoms with Gasteiger partial charge in [0, 0.05) is 25.0 Å². The zero-order chi connectivity index (χ0) is 23.4. The Morgan fingerprint density at radius 3 is 2.30 bits per heavy atom. The van der Waals surface area contributed by atoms with E-state index in [4.69, 9.17) is 14.6 Å². The highest BCUT2D eigenvalue weighted by Gasteiger charge is 2.35. The van der Waals surface area contributed by atoms with E-state index in [2.05, 4.69) is 22.8 Å². The average Bonchev–Trinajstić information content (AvgIpc) is 3.42. The molecule has 9 nitrogen and oxygen atoms in total. The van der Waals surface area contributed by atoms with Crippen molar-refractivity contribution in [3.8, 4) is 11.1 Å². The van der Waals surface area contributed by atoms with Crippen LogP contribution in [0.1, 0.15) is 23.5 Å². The molecule has 174 valence electrons. The van der Waals surface area contributed by atoms with Gasteiger partial charge in [-0.2, -0.15) is 0 Å². The number of fused-ring (bicyclic) bond motifs is 3. The Hall–Kier alpha value is -3.43. The second-order valence-electron chi connectivity index (χ2n) is 8.15. The summed E-state index contributed by atoms with van der Waals surface area (Å²) in [6, 6.07) is 16.1. The summed E-state index contributed by atoms with van der Waals surface area (Å²) in [6.07, 6.45) is -2.54. The number of benzene rings is 2. The summed E-state index contributed by atoms with van der Waals surface area (Å²) in [5.41, 5.74) is 4.53. The first-order valence-corrected chi connectivity index (χ1v) is 10.8. The Labute approximate surface area is 190 Å². The fourth-order valence-corrected chi connectivity index (χ4v) is 4.38. The zero-order valence-corrected chi connectivity index (χ0v) is 17.9. The average molecular weight is 454 g/mol. The highest BCUT2D eigenvalue weighted by molar-refractivity contribution is 5.82. The van der Waals surface area contributed by atoms with Gasteiger partial charge in [0.05, 0.1) is 6.54 Å². The Morgan fingerprint density at radius 1 is 1.03 bits per heavy atom. The molecule has 9 heteroatoms. The molecule has 2 amide bonds. The lowest BCUT2D eigenvalue weighted by molar-refractivity contribution is -0.146. The van der Waals surface area contributed by atoms with Crippen LogP contribution in [0.3, 0.4) is 0 Å². The second-order valence-corrected chi connectivity index (χ2v) is 8.15. The molecule has 0 radical (unpaired) electrons. The van der Waals surface area contributed by atoms with Crippen LogP contribution in [-0.4, -0.2) is 66.7 Å². The van der Waals surface area contributed by atoms with Crippen LogP contribution >= 0.6 is 0 Å². The first kappa shape index (κ1) is 22.8. The number of carboxylic acid groups (broad SMARTS) is 1. The largest absolute Gasteiger partial charge is 0.479 e. The summed E-state index contributed by atoms with van der Waals surface area (Å²) in [4.78, 5) is 35.3. The van der Waals surface area contributed by atoms with E-state index < -0.39 is 36.7 Å². The van der Waals surface area contributed by atoms with Crippen molar-refractivity contribution in [1.82, 2.24) is 10.6 Å². The minimum absolute atomic E-state index is 0.0443. The Kier molecular flexibility index (Phi) is 6.90. The number of carbonyl (C=O) groups excluding carboxylic acids is 2. The van der Waals surface area contributed by atoms with Crippen LogP contribution in [0.15, 0.2) is 48.5 Å². The monoisotopic (exact) mass is 454 g/mol. The smallest absolute Gasteiger partial charge is 0.407 e. The molecule has 4 N–H and O–H groups in total. The molecule has 2 aliphatic rings. The molecule has 1 aliphatic heterocycles. The quantitative estimate of drug-likeness (QED) is 0.475. The van der Waals surface area contributed by atoms with E-state index in [1.165, 1.54) is 0 Å². The van der Waals surface area contributed by atoms with Crippen LogP contribution < -0.4 is 10.6 Å². The van der Waals surface area contributed by atoms with Gasteiger partial charge in [-0.15, -0.1) is 0 Å². The molecule has 1 heterocycles. The van der Waals surface area contributed by atoms with E-state index in [9.17, 15) is 19.5 Å². The first-order chi connectivity index (χ1) is 16.0. The number of amides is 2. The maximum Gasteiger partial charge on any atom is 0.407 e. The molecule has 2 aromatic rings. The highest BCUT2D eigenvalue weighted by Crippen LogP contribution is 2.44. The van der Waals surface area contributed by atoms with Gasteiger partial charge in [-0.1, -0.05) is 48.5 Å². The zero-order valence-electron chi connectivity index (χ0n) is 17.9. The standard InChI is InChI=1S/C24H26N2O7/c27-20(23(29)30)12-25-22(28)21-14(9-10-32-21)11-26-24(31)33-13-19-17-7-3-1-5-15(17)16-6-2-4-8-18(16)19/h1-8,14,19-21,27H,9-13H2,(H,25,28)(H,26,31)(H,29,30)/t14-,20?,21-/m1/s1. The van der Waals surface area contributed by atoms with Crippen molar-refractivity contribution in [3.05, 3.63) is 59.7 Å². The lowest BCUT2D eigenvalue weighted by Crippen LogP contribution is -2.45. The van der Waals surface area contributed by atoms with Gasteiger partial charge in [-0.3, -0.25) is 4.79 Å². The van der Waals surface area contributed by atoms with E-state index in [1.54, 1.807) is 0 Å². The normalized spacial score (nSPS) is 19.9. The third-order valence-electron chi connectivity index (χ3n) is 6.08. The summed E-state index contributed by atoms with van der Waals surface area (Å²) in [5.74, 6) is -2.27. The van der Waals surface area contributed by atoms with E-state index in [1.807, 2.05) is 36.4 Å². The predicted octanol–water partition coefficient (Wildman–Crippen LogP) is 1.49. The molecule has 1 saturated heterocycles. The summed E-state index contributed by atoms with van der Waals surface area (Å²) < 4.78 is 10.9. The molecule has 0 saturated carbocycles. The van der Waals surface area contributed by atoms with Crippen molar-refractivity contribution in [2.75, 3.05) is 26.3 Å². The Balaban J connectivity index is 1.28. The number of aliphatic carboxylic acids is 1. The molecule has 1 fully saturated rings. The minimum atomic E-state index is -1.69. The van der Waals surface area contributed by atoms with E-state index >= 15 is 0 Å². The predicted molar refractivity (Wildman–Crippen MR) is 118 cm³/mol. The van der Waals surface area contributed by atoms with Crippen LogP contribution in [0.5, 0.6) is 0 Å². The van der Waals surface area contributed by atoms with Crippen molar-refractivity contribution in [2.24, 2.45) is 5.92 Å². The molecular formula is C24H26N2O7. The first-order valence-electron chi connectivity index (χ1n) is 10.8. The molecule has 0 aromatic heterocycles. The lowest BCUT2D eigenvalue weighted by Gasteiger charge is -2.19. The number of aliphatic hydroxyl groups excluding tert-OH is 1. The molecular weight excluding hydrogens is 428 g/mol. The summed E-state index contributed by atoms with van der Waals surface area (Å²) in [6.45, 7) is 0.297. The van der Waals surface area contributed by atoms with Crippen molar-refractivity contribution < 1.29 is 34.1 Å². The number of ether oxygens (including phenoxy) is 2. The molecule has 0 spiro atoms. The van der Waals surface area contributed by atoms with E-state index in [0.717, 1.165) is 22.3 Å². The summed E-state index contributed by atoms with van der Waals surface area (Å²) in [7, 11) is 0. The molecule has 33 heavy (non-hydrogen) atoms. The molecule has 2 aromatic carbocycles. The highest BCUT2D eigenvalue weighted by atomic mass is 16.5. The van der Waals surface area contributed by atoms with Gasteiger partial charge < -0.3 is 30.3 Å². The number of rotatable bonds is 8. The molecule has 1 unspecified atom stereocenters. The Morgan fingerprint density at radius 2 is 1.67 bits per heavy atom. The number of aliphatic hydroxyl groups is 1. The minimum Gasteiger partial charge on any atom is -0.479 e. The third-order valence-corrected chi connectivity index (χ3v) is 6.08. The number of carboxylic acids is 1. The van der Waals surface area contributed by atoms with Gasteiger partial charge in [0.2, 0.25) is 5.91 Å². The van der Waals surface area contributed by atoms with Gasteiger partial charge in [-0.05, 0) is 28.7 Å².